The molecule has 0 spiro atoms. The quantitative estimate of drug-likeness (QED) is 0.626. The number of anilines is 3. The predicted molar refractivity (Wildman–Crippen MR) is 106 cm³/mol. The fourth-order valence-electron chi connectivity index (χ4n) is 2.48. The zero-order valence-corrected chi connectivity index (χ0v) is 14.9. The van der Waals surface area contributed by atoms with Gasteiger partial charge in [0.25, 0.3) is 5.91 Å². The number of rotatable bonds is 6. The highest BCUT2D eigenvalue weighted by Gasteiger charge is 2.07. The highest BCUT2D eigenvalue weighted by atomic mass is 16.2. The van der Waals surface area contributed by atoms with Crippen LogP contribution in [-0.4, -0.2) is 16.8 Å². The maximum atomic E-state index is 12.2. The van der Waals surface area contributed by atoms with Gasteiger partial charge in [0.05, 0.1) is 11.9 Å². The van der Waals surface area contributed by atoms with Gasteiger partial charge in [0.2, 0.25) is 5.91 Å². The molecule has 0 fully saturated rings. The molecular formula is C21H20N4O2. The number of amides is 2. The van der Waals surface area contributed by atoms with Crippen LogP contribution >= 0.6 is 0 Å². The van der Waals surface area contributed by atoms with Crippen LogP contribution in [0.15, 0.2) is 72.9 Å². The van der Waals surface area contributed by atoms with Gasteiger partial charge >= 0.3 is 0 Å². The van der Waals surface area contributed by atoms with Crippen LogP contribution in [0.1, 0.15) is 23.0 Å². The number of aromatic nitrogens is 1. The van der Waals surface area contributed by atoms with E-state index in [0.29, 0.717) is 12.2 Å². The van der Waals surface area contributed by atoms with Crippen molar-refractivity contribution in [3.63, 3.8) is 0 Å². The zero-order chi connectivity index (χ0) is 19.1. The van der Waals surface area contributed by atoms with E-state index in [-0.39, 0.29) is 11.8 Å². The second kappa shape index (κ2) is 8.62. The van der Waals surface area contributed by atoms with E-state index in [4.69, 9.17) is 0 Å². The Kier molecular flexibility index (Phi) is 5.79. The third kappa shape index (κ3) is 5.40. The van der Waals surface area contributed by atoms with Crippen molar-refractivity contribution in [2.24, 2.45) is 0 Å². The zero-order valence-electron chi connectivity index (χ0n) is 14.9. The highest BCUT2D eigenvalue weighted by Crippen LogP contribution is 2.18. The molecule has 0 bridgehead atoms. The Bertz CT molecular complexity index is 907. The second-order valence-electron chi connectivity index (χ2n) is 5.98. The monoisotopic (exact) mass is 360 g/mol. The Morgan fingerprint density at radius 1 is 0.852 bits per heavy atom. The molecule has 6 heteroatoms. The molecule has 0 saturated carbocycles. The van der Waals surface area contributed by atoms with Crippen molar-refractivity contribution in [1.29, 1.82) is 0 Å². The minimum Gasteiger partial charge on any atom is -0.354 e. The van der Waals surface area contributed by atoms with E-state index in [1.807, 2.05) is 54.6 Å². The third-order valence-corrected chi connectivity index (χ3v) is 3.79. The molecule has 136 valence electrons. The lowest BCUT2D eigenvalue weighted by molar-refractivity contribution is -0.114. The molecule has 3 rings (SSSR count). The molecule has 0 saturated heterocycles. The number of carbonyl (C=O) groups excluding carboxylic acids is 2. The fraction of sp³-hybridized carbons (Fsp3) is 0.0952. The van der Waals surface area contributed by atoms with E-state index in [1.54, 1.807) is 18.3 Å². The minimum atomic E-state index is -0.218. The molecule has 0 aliphatic heterocycles. The van der Waals surface area contributed by atoms with Gasteiger partial charge in [-0.2, -0.15) is 0 Å². The molecule has 1 aromatic heterocycles. The van der Waals surface area contributed by atoms with Crippen molar-refractivity contribution < 1.29 is 9.59 Å². The molecule has 0 atom stereocenters. The maximum Gasteiger partial charge on any atom is 0.270 e. The van der Waals surface area contributed by atoms with Crippen molar-refractivity contribution in [3.8, 4) is 0 Å². The Balaban J connectivity index is 1.56. The summed E-state index contributed by atoms with van der Waals surface area (Å²) in [6.07, 6.45) is 1.61. The SMILES string of the molecule is CC(=O)Nc1ccc(Nc2ccc(C(=O)NCc3ccccc3)nc2)cc1. The van der Waals surface area contributed by atoms with Crippen LogP contribution in [0.5, 0.6) is 0 Å². The molecule has 0 radical (unpaired) electrons. The molecule has 0 aliphatic rings. The molecule has 0 unspecified atom stereocenters. The van der Waals surface area contributed by atoms with Gasteiger partial charge in [-0.25, -0.2) is 4.98 Å². The lowest BCUT2D eigenvalue weighted by Crippen LogP contribution is -2.23. The first-order chi connectivity index (χ1) is 13.1. The average Bonchev–Trinajstić information content (AvgIpc) is 2.69. The van der Waals surface area contributed by atoms with Gasteiger partial charge in [-0.3, -0.25) is 9.59 Å². The van der Waals surface area contributed by atoms with Gasteiger partial charge < -0.3 is 16.0 Å². The van der Waals surface area contributed by atoms with E-state index in [0.717, 1.165) is 22.6 Å². The maximum absolute atomic E-state index is 12.2. The molecule has 3 N–H and O–H groups in total. The Labute approximate surface area is 157 Å². The molecule has 0 aliphatic carbocycles. The molecule has 6 nitrogen and oxygen atoms in total. The number of pyridine rings is 1. The smallest absolute Gasteiger partial charge is 0.270 e. The van der Waals surface area contributed by atoms with Gasteiger partial charge in [-0.1, -0.05) is 30.3 Å². The summed E-state index contributed by atoms with van der Waals surface area (Å²) < 4.78 is 0. The molecule has 3 aromatic rings. The lowest BCUT2D eigenvalue weighted by atomic mass is 10.2. The van der Waals surface area contributed by atoms with E-state index in [1.165, 1.54) is 6.92 Å². The third-order valence-electron chi connectivity index (χ3n) is 3.79. The Morgan fingerprint density at radius 2 is 1.52 bits per heavy atom. The summed E-state index contributed by atoms with van der Waals surface area (Å²) in [6, 6.07) is 20.5. The van der Waals surface area contributed by atoms with Gasteiger partial charge in [-0.05, 0) is 42.0 Å². The van der Waals surface area contributed by atoms with Crippen LogP contribution in [0.4, 0.5) is 17.1 Å². The van der Waals surface area contributed by atoms with Crippen LogP contribution < -0.4 is 16.0 Å². The summed E-state index contributed by atoms with van der Waals surface area (Å²) in [5.74, 6) is -0.328. The van der Waals surface area contributed by atoms with Crippen LogP contribution in [-0.2, 0) is 11.3 Å². The number of hydrogen-bond donors (Lipinski definition) is 3. The minimum absolute atomic E-state index is 0.110. The summed E-state index contributed by atoms with van der Waals surface area (Å²) in [6.45, 7) is 1.93. The van der Waals surface area contributed by atoms with Gasteiger partial charge in [0, 0.05) is 24.8 Å². The van der Waals surface area contributed by atoms with Crippen LogP contribution in [0.3, 0.4) is 0 Å². The van der Waals surface area contributed by atoms with E-state index in [2.05, 4.69) is 20.9 Å². The van der Waals surface area contributed by atoms with Gasteiger partial charge in [-0.15, -0.1) is 0 Å². The number of nitrogens with one attached hydrogen (secondary N) is 3. The first-order valence-electron chi connectivity index (χ1n) is 8.53. The topological polar surface area (TPSA) is 83.1 Å². The number of carbonyl (C=O) groups is 2. The summed E-state index contributed by atoms with van der Waals surface area (Å²) in [5, 5.41) is 8.77. The van der Waals surface area contributed by atoms with Crippen molar-refractivity contribution in [2.75, 3.05) is 10.6 Å². The highest BCUT2D eigenvalue weighted by molar-refractivity contribution is 5.92. The molecule has 2 aromatic carbocycles. The van der Waals surface area contributed by atoms with Crippen LogP contribution in [0.2, 0.25) is 0 Å². The second-order valence-corrected chi connectivity index (χ2v) is 5.98. The normalized spacial score (nSPS) is 10.1. The predicted octanol–water partition coefficient (Wildman–Crippen LogP) is 3.71. The van der Waals surface area contributed by atoms with E-state index >= 15 is 0 Å². The van der Waals surface area contributed by atoms with Crippen LogP contribution in [0, 0.1) is 0 Å². The van der Waals surface area contributed by atoms with Crippen LogP contribution in [0.25, 0.3) is 0 Å². The van der Waals surface area contributed by atoms with Crippen molar-refractivity contribution in [3.05, 3.63) is 84.2 Å². The van der Waals surface area contributed by atoms with E-state index in [9.17, 15) is 9.59 Å². The first kappa shape index (κ1) is 18.1. The Hall–Kier alpha value is -3.67. The van der Waals surface area contributed by atoms with Crippen molar-refractivity contribution in [1.82, 2.24) is 10.3 Å². The summed E-state index contributed by atoms with van der Waals surface area (Å²) >= 11 is 0. The first-order valence-corrected chi connectivity index (χ1v) is 8.53. The molecular weight excluding hydrogens is 340 g/mol. The van der Waals surface area contributed by atoms with Gasteiger partial charge in [0.15, 0.2) is 0 Å². The number of nitrogens with zero attached hydrogens (tertiary/aromatic N) is 1. The van der Waals surface area contributed by atoms with E-state index < -0.39 is 0 Å². The Morgan fingerprint density at radius 3 is 2.15 bits per heavy atom. The summed E-state index contributed by atoms with van der Waals surface area (Å²) in [4.78, 5) is 27.4. The fourth-order valence-corrected chi connectivity index (χ4v) is 2.48. The largest absolute Gasteiger partial charge is 0.354 e. The summed E-state index contributed by atoms with van der Waals surface area (Å²) in [7, 11) is 0. The molecule has 1 heterocycles. The number of benzene rings is 2. The molecule has 27 heavy (non-hydrogen) atoms. The average molecular weight is 360 g/mol. The standard InChI is InChI=1S/C21H20N4O2/c1-15(26)24-17-7-9-18(10-8-17)25-19-11-12-20(22-14-19)21(27)23-13-16-5-3-2-4-6-16/h2-12,14,25H,13H2,1H3,(H,23,27)(H,24,26). The van der Waals surface area contributed by atoms with Crippen molar-refractivity contribution >= 4 is 28.9 Å². The summed E-state index contributed by atoms with van der Waals surface area (Å²) in [5.41, 5.74) is 3.75. The molecule has 2 amide bonds. The van der Waals surface area contributed by atoms with Gasteiger partial charge in [0.1, 0.15) is 5.69 Å². The lowest BCUT2D eigenvalue weighted by Gasteiger charge is -2.09. The van der Waals surface area contributed by atoms with Crippen molar-refractivity contribution in [2.45, 2.75) is 13.5 Å². The number of hydrogen-bond acceptors (Lipinski definition) is 4.